The number of pyridine rings is 2. The molecule has 0 saturated heterocycles. The first-order chi connectivity index (χ1) is 21.7. The van der Waals surface area contributed by atoms with Gasteiger partial charge in [-0.3, -0.25) is 10.1 Å². The second-order valence-electron chi connectivity index (χ2n) is 12.4. The van der Waals surface area contributed by atoms with Crippen molar-refractivity contribution >= 4 is 37.8 Å². The zero-order chi connectivity index (χ0) is 32.8. The van der Waals surface area contributed by atoms with E-state index in [0.29, 0.717) is 51.0 Å². The molecule has 4 heterocycles. The van der Waals surface area contributed by atoms with Crippen LogP contribution in [0.3, 0.4) is 0 Å². The van der Waals surface area contributed by atoms with Crippen molar-refractivity contribution in [1.82, 2.24) is 34.9 Å². The van der Waals surface area contributed by atoms with Crippen LogP contribution in [0.25, 0.3) is 55.8 Å². The third kappa shape index (κ3) is 6.73. The second kappa shape index (κ2) is 11.9. The number of rotatable bonds is 9. The first-order valence-electron chi connectivity index (χ1n) is 14.4. The highest BCUT2D eigenvalue weighted by atomic mass is 32.2. The Bertz CT molecular complexity index is 2190. The summed E-state index contributed by atoms with van der Waals surface area (Å²) in [6.45, 7) is 5.99. The predicted octanol–water partition coefficient (Wildman–Crippen LogP) is 5.72. The number of aliphatic hydroxyl groups excluding tert-OH is 1. The Morgan fingerprint density at radius 3 is 2.59 bits per heavy atom. The molecule has 5 N–H and O–H groups in total. The maximum atomic E-state index is 16.3. The fourth-order valence-corrected chi connectivity index (χ4v) is 5.77. The van der Waals surface area contributed by atoms with Crippen LogP contribution in [0.1, 0.15) is 32.8 Å². The van der Waals surface area contributed by atoms with Crippen molar-refractivity contribution in [3.8, 4) is 33.8 Å². The zero-order valence-electron chi connectivity index (χ0n) is 25.5. The molecular weight excluding hydrogens is 614 g/mol. The van der Waals surface area contributed by atoms with E-state index in [0.717, 1.165) is 6.26 Å². The van der Waals surface area contributed by atoms with Crippen LogP contribution in [-0.4, -0.2) is 56.1 Å². The molecule has 238 valence electrons. The highest BCUT2D eigenvalue weighted by molar-refractivity contribution is 7.88. The number of benzene rings is 2. The molecule has 2 aromatic carbocycles. The summed E-state index contributed by atoms with van der Waals surface area (Å²) in [5, 5.41) is 20.9. The number of aromatic nitrogens is 6. The first-order valence-corrected chi connectivity index (χ1v) is 16.3. The lowest BCUT2D eigenvalue weighted by atomic mass is 9.91. The molecule has 11 nitrogen and oxygen atoms in total. The van der Waals surface area contributed by atoms with E-state index >= 15 is 4.39 Å². The van der Waals surface area contributed by atoms with Crippen LogP contribution < -0.4 is 10.0 Å². The number of aliphatic hydroxyl groups is 1. The van der Waals surface area contributed by atoms with Crippen LogP contribution in [0.5, 0.6) is 0 Å². The minimum absolute atomic E-state index is 0.0844. The van der Waals surface area contributed by atoms with Gasteiger partial charge in [-0.1, -0.05) is 20.8 Å². The molecule has 0 saturated carbocycles. The molecule has 46 heavy (non-hydrogen) atoms. The Morgan fingerprint density at radius 1 is 1.02 bits per heavy atom. The monoisotopic (exact) mass is 646 g/mol. The number of hydrogen-bond donors (Lipinski definition) is 5. The van der Waals surface area contributed by atoms with Crippen molar-refractivity contribution in [2.75, 3.05) is 11.6 Å². The molecule has 14 heteroatoms. The predicted molar refractivity (Wildman–Crippen MR) is 173 cm³/mol. The topological polar surface area (TPSA) is 162 Å². The molecule has 0 aliphatic rings. The quantitative estimate of drug-likeness (QED) is 0.125. The number of sulfonamides is 1. The molecule has 1 unspecified atom stereocenters. The lowest BCUT2D eigenvalue weighted by molar-refractivity contribution is 0.145. The first kappa shape index (κ1) is 31.2. The van der Waals surface area contributed by atoms with Gasteiger partial charge < -0.3 is 15.4 Å². The number of aromatic amines is 2. The van der Waals surface area contributed by atoms with E-state index in [1.54, 1.807) is 42.7 Å². The number of nitrogens with zero attached hydrogens (tertiary/aromatic N) is 4. The van der Waals surface area contributed by atoms with Gasteiger partial charge in [0, 0.05) is 35.6 Å². The Morgan fingerprint density at radius 2 is 1.83 bits per heavy atom. The Kier molecular flexibility index (Phi) is 8.04. The Labute approximate surface area is 263 Å². The van der Waals surface area contributed by atoms with Gasteiger partial charge in [0.05, 0.1) is 34.6 Å². The number of fused-ring (bicyclic) bond motifs is 2. The maximum Gasteiger partial charge on any atom is 0.209 e. The summed E-state index contributed by atoms with van der Waals surface area (Å²) in [5.74, 6) is -0.846. The number of H-pyrrole nitrogens is 2. The minimum Gasteiger partial charge on any atom is -0.374 e. The molecule has 0 spiro atoms. The summed E-state index contributed by atoms with van der Waals surface area (Å²) in [6, 6.07) is 11.0. The molecule has 6 rings (SSSR count). The number of anilines is 1. The van der Waals surface area contributed by atoms with Gasteiger partial charge in [0.15, 0.2) is 11.5 Å². The largest absolute Gasteiger partial charge is 0.374 e. The van der Waals surface area contributed by atoms with E-state index in [2.05, 4.69) is 40.2 Å². The third-order valence-corrected chi connectivity index (χ3v) is 7.95. The normalized spacial score (nSPS) is 13.0. The van der Waals surface area contributed by atoms with Crippen LogP contribution in [0.15, 0.2) is 61.1 Å². The molecule has 1 atom stereocenters. The molecule has 0 radical (unpaired) electrons. The van der Waals surface area contributed by atoms with Gasteiger partial charge in [-0.15, -0.1) is 0 Å². The van der Waals surface area contributed by atoms with E-state index in [1.807, 2.05) is 20.8 Å². The number of imidazole rings is 1. The lowest BCUT2D eigenvalue weighted by Crippen LogP contribution is -2.25. The molecule has 0 bridgehead atoms. The maximum absolute atomic E-state index is 16.3. The molecule has 4 aromatic heterocycles. The average molecular weight is 647 g/mol. The SMILES string of the molecule is CC(C)(C)CC(O)Nc1cncc(-c2ccc3[nH]nc(-c4nc5nccc(-c6cc(F)cc(CNS(C)(=O)=O)c6)c5[nH]4)c3c2F)c1. The van der Waals surface area contributed by atoms with Gasteiger partial charge in [-0.25, -0.2) is 31.9 Å². The number of nitrogens with one attached hydrogen (secondary N) is 4. The smallest absolute Gasteiger partial charge is 0.209 e. The number of halogens is 2. The summed E-state index contributed by atoms with van der Waals surface area (Å²) in [4.78, 5) is 16.3. The van der Waals surface area contributed by atoms with E-state index in [1.165, 1.54) is 18.3 Å². The molecule has 0 aliphatic heterocycles. The summed E-state index contributed by atoms with van der Waals surface area (Å²) < 4.78 is 56.4. The van der Waals surface area contributed by atoms with E-state index in [4.69, 9.17) is 0 Å². The van der Waals surface area contributed by atoms with Gasteiger partial charge in [0.25, 0.3) is 0 Å². The molecule has 0 fully saturated rings. The van der Waals surface area contributed by atoms with Crippen molar-refractivity contribution in [2.24, 2.45) is 5.41 Å². The average Bonchev–Trinajstić information content (AvgIpc) is 3.59. The summed E-state index contributed by atoms with van der Waals surface area (Å²) >= 11 is 0. The summed E-state index contributed by atoms with van der Waals surface area (Å²) in [7, 11) is -3.48. The van der Waals surface area contributed by atoms with Crippen LogP contribution in [0.2, 0.25) is 0 Å². The van der Waals surface area contributed by atoms with Crippen molar-refractivity contribution in [1.29, 1.82) is 0 Å². The van der Waals surface area contributed by atoms with Crippen molar-refractivity contribution in [2.45, 2.75) is 40.0 Å². The van der Waals surface area contributed by atoms with Gasteiger partial charge >= 0.3 is 0 Å². The molecule has 0 amide bonds. The molecule has 0 aliphatic carbocycles. The van der Waals surface area contributed by atoms with Crippen LogP contribution >= 0.6 is 0 Å². The van der Waals surface area contributed by atoms with Gasteiger partial charge in [-0.05, 0) is 65.4 Å². The van der Waals surface area contributed by atoms with Crippen molar-refractivity contribution in [3.63, 3.8) is 0 Å². The van der Waals surface area contributed by atoms with Gasteiger partial charge in [-0.2, -0.15) is 5.10 Å². The summed E-state index contributed by atoms with van der Waals surface area (Å²) in [6.07, 6.45) is 5.36. The zero-order valence-corrected chi connectivity index (χ0v) is 26.3. The summed E-state index contributed by atoms with van der Waals surface area (Å²) in [5.41, 5.74) is 4.13. The Balaban J connectivity index is 1.37. The fraction of sp³-hybridized carbons (Fsp3) is 0.250. The van der Waals surface area contributed by atoms with Crippen LogP contribution in [0, 0.1) is 17.0 Å². The van der Waals surface area contributed by atoms with Crippen molar-refractivity contribution in [3.05, 3.63) is 78.3 Å². The van der Waals surface area contributed by atoms with Gasteiger partial charge in [0.2, 0.25) is 10.0 Å². The van der Waals surface area contributed by atoms with E-state index in [-0.39, 0.29) is 34.4 Å². The van der Waals surface area contributed by atoms with E-state index in [9.17, 15) is 17.9 Å². The third-order valence-electron chi connectivity index (χ3n) is 7.28. The number of hydrogen-bond acceptors (Lipinski definition) is 8. The van der Waals surface area contributed by atoms with Crippen molar-refractivity contribution < 1.29 is 22.3 Å². The minimum atomic E-state index is -3.48. The standard InChI is InChI=1S/C32H32F2N8O3S/c1-32(2,3)13-25(43)38-21-12-19(15-35-16-21)22-5-6-24-26(27(22)34)29(42-41-24)31-39-28-23(7-8-36-30(28)40-31)18-9-17(10-20(33)11-18)14-37-46(4,44)45/h5-12,15-16,25,37-38,43H,13-14H2,1-4H3,(H,41,42)(H,36,39,40). The fourth-order valence-electron chi connectivity index (χ4n) is 5.34. The van der Waals surface area contributed by atoms with Crippen LogP contribution in [0.4, 0.5) is 14.5 Å². The second-order valence-corrected chi connectivity index (χ2v) is 14.2. The Hall–Kier alpha value is -4.79. The van der Waals surface area contributed by atoms with Gasteiger partial charge in [0.1, 0.15) is 23.6 Å². The van der Waals surface area contributed by atoms with E-state index < -0.39 is 27.9 Å². The van der Waals surface area contributed by atoms with Crippen LogP contribution in [-0.2, 0) is 16.6 Å². The highest BCUT2D eigenvalue weighted by Crippen LogP contribution is 2.36. The molecule has 6 aromatic rings. The molecular formula is C32H32F2N8O3S. The highest BCUT2D eigenvalue weighted by Gasteiger charge is 2.22. The lowest BCUT2D eigenvalue weighted by Gasteiger charge is -2.23.